The molecular formula is C59H119NO4. The fourth-order valence-electron chi connectivity index (χ4n) is 9.84. The summed E-state index contributed by atoms with van der Waals surface area (Å²) in [4.78, 5) is 12.5. The number of hydrogen-bond donors (Lipinski definition) is 4. The number of carbonyl (C=O) groups excluding carboxylic acids is 1. The molecule has 0 aromatic rings. The lowest BCUT2D eigenvalue weighted by atomic mass is 10.0. The number of aliphatic hydroxyl groups is 3. The summed E-state index contributed by atoms with van der Waals surface area (Å²) in [5, 5.41) is 33.4. The van der Waals surface area contributed by atoms with Gasteiger partial charge in [0.1, 0.15) is 6.10 Å². The Morgan fingerprint density at radius 1 is 0.312 bits per heavy atom. The summed E-state index contributed by atoms with van der Waals surface area (Å²) >= 11 is 0. The third-order valence-corrected chi connectivity index (χ3v) is 14.5. The van der Waals surface area contributed by atoms with Crippen LogP contribution in [-0.2, 0) is 4.79 Å². The van der Waals surface area contributed by atoms with Crippen LogP contribution in [0.2, 0.25) is 0 Å². The van der Waals surface area contributed by atoms with Gasteiger partial charge in [-0.25, -0.2) is 0 Å². The van der Waals surface area contributed by atoms with Crippen molar-refractivity contribution in [1.82, 2.24) is 5.32 Å². The first-order chi connectivity index (χ1) is 31.6. The molecule has 0 fully saturated rings. The summed E-state index contributed by atoms with van der Waals surface area (Å²) in [5.74, 6) is -0.464. The summed E-state index contributed by atoms with van der Waals surface area (Å²) in [6.45, 7) is 4.26. The smallest absolute Gasteiger partial charge is 0.249 e. The molecule has 0 aliphatic heterocycles. The van der Waals surface area contributed by atoms with Gasteiger partial charge in [-0.05, 0) is 12.8 Å². The van der Waals surface area contributed by atoms with Crippen LogP contribution in [0.5, 0.6) is 0 Å². The normalized spacial score (nSPS) is 13.1. The Balaban J connectivity index is 3.37. The van der Waals surface area contributed by atoms with Crippen LogP contribution in [0, 0.1) is 0 Å². The predicted octanol–water partition coefficient (Wildman–Crippen LogP) is 18.5. The molecule has 5 nitrogen and oxygen atoms in total. The average Bonchev–Trinajstić information content (AvgIpc) is 3.30. The van der Waals surface area contributed by atoms with E-state index in [1.54, 1.807) is 0 Å². The van der Waals surface area contributed by atoms with Crippen LogP contribution in [0.25, 0.3) is 0 Å². The molecule has 1 amide bonds. The van der Waals surface area contributed by atoms with Crippen molar-refractivity contribution in [3.05, 3.63) is 0 Å². The van der Waals surface area contributed by atoms with Gasteiger partial charge < -0.3 is 20.6 Å². The van der Waals surface area contributed by atoms with Crippen LogP contribution < -0.4 is 5.32 Å². The maximum absolute atomic E-state index is 12.5. The highest BCUT2D eigenvalue weighted by molar-refractivity contribution is 5.80. The van der Waals surface area contributed by atoms with Gasteiger partial charge in [-0.1, -0.05) is 335 Å². The zero-order chi connectivity index (χ0) is 46.5. The van der Waals surface area contributed by atoms with E-state index in [-0.39, 0.29) is 6.61 Å². The Hall–Kier alpha value is -0.650. The molecule has 0 saturated heterocycles. The molecule has 0 saturated carbocycles. The Kier molecular flexibility index (Phi) is 54.4. The topological polar surface area (TPSA) is 89.8 Å². The molecule has 3 unspecified atom stereocenters. The van der Waals surface area contributed by atoms with Crippen LogP contribution in [0.3, 0.4) is 0 Å². The molecule has 384 valence electrons. The van der Waals surface area contributed by atoms with Gasteiger partial charge in [0.2, 0.25) is 5.91 Å². The lowest BCUT2D eigenvalue weighted by molar-refractivity contribution is -0.131. The Morgan fingerprint density at radius 3 is 0.703 bits per heavy atom. The fraction of sp³-hybridized carbons (Fsp3) is 0.983. The third-order valence-electron chi connectivity index (χ3n) is 14.5. The van der Waals surface area contributed by atoms with Gasteiger partial charge in [0.15, 0.2) is 0 Å². The van der Waals surface area contributed by atoms with Crippen LogP contribution in [0.1, 0.15) is 348 Å². The lowest BCUT2D eigenvalue weighted by Gasteiger charge is -2.23. The molecule has 0 heterocycles. The number of nitrogens with one attached hydrogen (secondary N) is 1. The van der Waals surface area contributed by atoms with Crippen LogP contribution in [-0.4, -0.2) is 46.1 Å². The Morgan fingerprint density at radius 2 is 0.500 bits per heavy atom. The van der Waals surface area contributed by atoms with Crippen molar-refractivity contribution in [3.63, 3.8) is 0 Å². The summed E-state index contributed by atoms with van der Waals surface area (Å²) in [6.07, 6.45) is 67.6. The number of aliphatic hydroxyl groups excluding tert-OH is 3. The van der Waals surface area contributed by atoms with E-state index in [1.165, 1.54) is 289 Å². The highest BCUT2D eigenvalue weighted by atomic mass is 16.3. The van der Waals surface area contributed by atoms with E-state index in [0.717, 1.165) is 32.1 Å². The van der Waals surface area contributed by atoms with Crippen molar-refractivity contribution in [3.8, 4) is 0 Å². The summed E-state index contributed by atoms with van der Waals surface area (Å²) in [5.41, 5.74) is 0. The molecule has 64 heavy (non-hydrogen) atoms. The van der Waals surface area contributed by atoms with Gasteiger partial charge in [0.25, 0.3) is 0 Å². The number of hydrogen-bond acceptors (Lipinski definition) is 4. The van der Waals surface area contributed by atoms with Crippen molar-refractivity contribution >= 4 is 5.91 Å². The van der Waals surface area contributed by atoms with Gasteiger partial charge >= 0.3 is 0 Å². The van der Waals surface area contributed by atoms with Crippen molar-refractivity contribution in [2.24, 2.45) is 0 Å². The Labute approximate surface area is 402 Å². The molecule has 0 bridgehead atoms. The number of amides is 1. The SMILES string of the molecule is CCCCCCCCCCCCCCCCCCCCCCCCCCCCCCCCCCCCCCCCC(O)C(=O)NC(CO)C(O)CCCCCCCCCCCCCC. The molecule has 3 atom stereocenters. The minimum atomic E-state index is -1.07. The molecule has 0 aromatic heterocycles. The van der Waals surface area contributed by atoms with E-state index in [4.69, 9.17) is 0 Å². The number of unbranched alkanes of at least 4 members (excludes halogenated alkanes) is 48. The van der Waals surface area contributed by atoms with E-state index in [0.29, 0.717) is 12.8 Å². The molecule has 4 N–H and O–H groups in total. The second kappa shape index (κ2) is 55.0. The third kappa shape index (κ3) is 49.3. The van der Waals surface area contributed by atoms with Gasteiger partial charge in [-0.3, -0.25) is 4.79 Å². The first-order valence-electron chi connectivity index (χ1n) is 29.8. The molecule has 0 rings (SSSR count). The summed E-state index contributed by atoms with van der Waals surface area (Å²) in [7, 11) is 0. The highest BCUT2D eigenvalue weighted by Gasteiger charge is 2.23. The van der Waals surface area contributed by atoms with E-state index in [1.807, 2.05) is 0 Å². The van der Waals surface area contributed by atoms with Crippen molar-refractivity contribution in [1.29, 1.82) is 0 Å². The van der Waals surface area contributed by atoms with Crippen LogP contribution in [0.15, 0.2) is 0 Å². The second-order valence-corrected chi connectivity index (χ2v) is 20.9. The van der Waals surface area contributed by atoms with E-state index in [9.17, 15) is 20.1 Å². The average molecular weight is 907 g/mol. The van der Waals surface area contributed by atoms with Crippen molar-refractivity contribution in [2.45, 2.75) is 366 Å². The first-order valence-corrected chi connectivity index (χ1v) is 29.8. The quantitative estimate of drug-likeness (QED) is 0.0458. The largest absolute Gasteiger partial charge is 0.394 e. The summed E-state index contributed by atoms with van der Waals surface area (Å²) < 4.78 is 0. The van der Waals surface area contributed by atoms with Gasteiger partial charge in [-0.2, -0.15) is 0 Å². The lowest BCUT2D eigenvalue weighted by Crippen LogP contribution is -2.49. The summed E-state index contributed by atoms with van der Waals surface area (Å²) in [6, 6.07) is -0.706. The standard InChI is InChI=1S/C59H119NO4/c1-3-5-7-9-11-13-15-17-18-19-20-21-22-23-24-25-26-27-28-29-30-31-32-33-34-35-36-37-38-39-40-41-42-44-46-48-50-52-54-58(63)59(64)60-56(55-61)57(62)53-51-49-47-45-43-16-14-12-10-8-6-4-2/h56-58,61-63H,3-55H2,1-2H3,(H,60,64). The zero-order valence-corrected chi connectivity index (χ0v) is 44.0. The van der Waals surface area contributed by atoms with Crippen LogP contribution in [0.4, 0.5) is 0 Å². The van der Waals surface area contributed by atoms with Gasteiger partial charge in [0, 0.05) is 0 Å². The van der Waals surface area contributed by atoms with Crippen molar-refractivity contribution < 1.29 is 20.1 Å². The molecule has 0 radical (unpaired) electrons. The highest BCUT2D eigenvalue weighted by Crippen LogP contribution is 2.19. The monoisotopic (exact) mass is 906 g/mol. The second-order valence-electron chi connectivity index (χ2n) is 20.9. The predicted molar refractivity (Wildman–Crippen MR) is 282 cm³/mol. The first kappa shape index (κ1) is 63.4. The minimum Gasteiger partial charge on any atom is -0.394 e. The van der Waals surface area contributed by atoms with Crippen molar-refractivity contribution in [2.75, 3.05) is 6.61 Å². The molecule has 5 heteroatoms. The van der Waals surface area contributed by atoms with Gasteiger partial charge in [-0.15, -0.1) is 0 Å². The maximum atomic E-state index is 12.5. The van der Waals surface area contributed by atoms with E-state index < -0.39 is 24.2 Å². The maximum Gasteiger partial charge on any atom is 0.249 e. The Bertz CT molecular complexity index is 868. The molecule has 0 aliphatic carbocycles. The molecule has 0 spiro atoms. The minimum absolute atomic E-state index is 0.308. The fourth-order valence-corrected chi connectivity index (χ4v) is 9.84. The molecular weight excluding hydrogens is 787 g/mol. The number of carbonyl (C=O) groups is 1. The van der Waals surface area contributed by atoms with Gasteiger partial charge in [0.05, 0.1) is 18.8 Å². The van der Waals surface area contributed by atoms with Crippen LogP contribution >= 0.6 is 0 Å². The number of rotatable bonds is 56. The zero-order valence-electron chi connectivity index (χ0n) is 44.0. The molecule has 0 aliphatic rings. The molecule has 0 aromatic carbocycles. The van der Waals surface area contributed by atoms with E-state index >= 15 is 0 Å². The van der Waals surface area contributed by atoms with E-state index in [2.05, 4.69) is 19.2 Å².